The first-order chi connectivity index (χ1) is 7.08. The second kappa shape index (κ2) is 7.35. The van der Waals surface area contributed by atoms with Crippen LogP contribution in [-0.2, 0) is 19.0 Å². The molecule has 0 heterocycles. The van der Waals surface area contributed by atoms with E-state index in [2.05, 4.69) is 4.85 Å². The van der Waals surface area contributed by atoms with Crippen molar-refractivity contribution in [2.45, 2.75) is 18.9 Å². The smallest absolute Gasteiger partial charge is 0.259 e. The second-order valence-electron chi connectivity index (χ2n) is 3.51. The maximum absolute atomic E-state index is 11.3. The zero-order chi connectivity index (χ0) is 11.7. The van der Waals surface area contributed by atoms with Gasteiger partial charge in [-0.2, -0.15) is 0 Å². The van der Waals surface area contributed by atoms with Gasteiger partial charge in [0.15, 0.2) is 5.78 Å². The van der Waals surface area contributed by atoms with Crippen LogP contribution in [0.2, 0.25) is 0 Å². The molecule has 0 saturated carbocycles. The highest BCUT2D eigenvalue weighted by Crippen LogP contribution is 2.16. The minimum atomic E-state index is -0.825. The van der Waals surface area contributed by atoms with Crippen molar-refractivity contribution in [3.8, 4) is 0 Å². The fourth-order valence-electron chi connectivity index (χ4n) is 1.10. The first kappa shape index (κ1) is 14.0. The Kier molecular flexibility index (Phi) is 6.88. The van der Waals surface area contributed by atoms with Crippen LogP contribution in [0.25, 0.3) is 4.85 Å². The first-order valence-corrected chi connectivity index (χ1v) is 4.54. The Morgan fingerprint density at radius 3 is 2.53 bits per heavy atom. The summed E-state index contributed by atoms with van der Waals surface area (Å²) in [6.07, 6.45) is 0.133. The van der Waals surface area contributed by atoms with Crippen LogP contribution < -0.4 is 0 Å². The van der Waals surface area contributed by atoms with Gasteiger partial charge in [0.25, 0.3) is 5.54 Å². The number of carbonyl (C=O) groups excluding carboxylic acids is 1. The summed E-state index contributed by atoms with van der Waals surface area (Å²) in [5.74, 6) is -0.1000. The molecule has 0 fully saturated rings. The van der Waals surface area contributed by atoms with E-state index in [1.165, 1.54) is 14.2 Å². The van der Waals surface area contributed by atoms with Gasteiger partial charge >= 0.3 is 0 Å². The third-order valence-electron chi connectivity index (χ3n) is 1.77. The fourth-order valence-corrected chi connectivity index (χ4v) is 1.10. The average Bonchev–Trinajstić information content (AvgIpc) is 2.18. The lowest BCUT2D eigenvalue weighted by Gasteiger charge is -2.15. The molecule has 0 bridgehead atoms. The summed E-state index contributed by atoms with van der Waals surface area (Å²) in [4.78, 5) is 14.7. The summed E-state index contributed by atoms with van der Waals surface area (Å²) >= 11 is 0. The molecule has 15 heavy (non-hydrogen) atoms. The molecule has 5 heteroatoms. The molecule has 0 aromatic rings. The van der Waals surface area contributed by atoms with Gasteiger partial charge in [-0.25, -0.2) is 6.57 Å². The molecule has 0 amide bonds. The van der Waals surface area contributed by atoms with E-state index in [-0.39, 0.29) is 32.2 Å². The van der Waals surface area contributed by atoms with Crippen molar-refractivity contribution in [2.75, 3.05) is 34.2 Å². The van der Waals surface area contributed by atoms with Gasteiger partial charge < -0.3 is 19.1 Å². The quantitative estimate of drug-likeness (QED) is 0.343. The van der Waals surface area contributed by atoms with E-state index in [1.54, 1.807) is 6.92 Å². The number of nitrogens with zero attached hydrogens (tertiary/aromatic N) is 1. The van der Waals surface area contributed by atoms with E-state index in [1.807, 2.05) is 0 Å². The summed E-state index contributed by atoms with van der Waals surface area (Å²) in [6, 6.07) is 0. The van der Waals surface area contributed by atoms with Gasteiger partial charge in [0, 0.05) is 21.1 Å². The van der Waals surface area contributed by atoms with Gasteiger partial charge in [0.1, 0.15) is 20.0 Å². The van der Waals surface area contributed by atoms with E-state index >= 15 is 0 Å². The van der Waals surface area contributed by atoms with Crippen molar-refractivity contribution in [3.63, 3.8) is 0 Å². The number of methoxy groups -OCH3 is 2. The van der Waals surface area contributed by atoms with Gasteiger partial charge in [0.2, 0.25) is 0 Å². The zero-order valence-corrected chi connectivity index (χ0v) is 9.41. The first-order valence-electron chi connectivity index (χ1n) is 4.54. The molecule has 0 N–H and O–H groups in total. The summed E-state index contributed by atoms with van der Waals surface area (Å²) in [7, 11) is 2.96. The lowest BCUT2D eigenvalue weighted by atomic mass is 9.97. The predicted molar refractivity (Wildman–Crippen MR) is 54.3 cm³/mol. The lowest BCUT2D eigenvalue weighted by molar-refractivity contribution is -0.124. The van der Waals surface area contributed by atoms with Crippen molar-refractivity contribution < 1.29 is 19.0 Å². The molecule has 86 valence electrons. The Hall–Kier alpha value is -0.960. The van der Waals surface area contributed by atoms with Crippen LogP contribution in [0.15, 0.2) is 0 Å². The number of hydrogen-bond acceptors (Lipinski definition) is 4. The Morgan fingerprint density at radius 2 is 2.07 bits per heavy atom. The van der Waals surface area contributed by atoms with Crippen molar-refractivity contribution in [2.24, 2.45) is 0 Å². The molecule has 0 radical (unpaired) electrons. The topological polar surface area (TPSA) is 49.1 Å². The highest BCUT2D eigenvalue weighted by molar-refractivity contribution is 5.81. The Bertz CT molecular complexity index is 236. The van der Waals surface area contributed by atoms with E-state index in [0.29, 0.717) is 0 Å². The van der Waals surface area contributed by atoms with Crippen LogP contribution >= 0.6 is 0 Å². The molecule has 0 aromatic carbocycles. The van der Waals surface area contributed by atoms with Gasteiger partial charge in [-0.1, -0.05) is 0 Å². The number of ketones is 1. The molecule has 1 unspecified atom stereocenters. The Morgan fingerprint density at radius 1 is 1.40 bits per heavy atom. The molecule has 0 rings (SSSR count). The second-order valence-corrected chi connectivity index (χ2v) is 3.51. The Labute approximate surface area is 90.1 Å². The van der Waals surface area contributed by atoms with E-state index in [4.69, 9.17) is 20.8 Å². The molecular formula is C10H17NO4. The third kappa shape index (κ3) is 6.18. The predicted octanol–water partition coefficient (Wildman–Crippen LogP) is 0.890. The summed E-state index contributed by atoms with van der Waals surface area (Å²) in [5.41, 5.74) is -0.825. The fraction of sp³-hybridized carbons (Fsp3) is 0.800. The molecule has 0 aliphatic carbocycles. The van der Waals surface area contributed by atoms with Crippen molar-refractivity contribution >= 4 is 5.78 Å². The molecule has 0 aliphatic heterocycles. The van der Waals surface area contributed by atoms with Crippen LogP contribution in [0.1, 0.15) is 13.3 Å². The van der Waals surface area contributed by atoms with Crippen LogP contribution in [0.3, 0.4) is 0 Å². The largest absolute Gasteiger partial charge is 0.377 e. The highest BCUT2D eigenvalue weighted by Gasteiger charge is 2.33. The average molecular weight is 215 g/mol. The maximum Gasteiger partial charge on any atom is 0.259 e. The molecule has 0 spiro atoms. The molecule has 0 aliphatic rings. The van der Waals surface area contributed by atoms with Crippen LogP contribution in [0.5, 0.6) is 0 Å². The third-order valence-corrected chi connectivity index (χ3v) is 1.77. The van der Waals surface area contributed by atoms with E-state index in [0.717, 1.165) is 0 Å². The van der Waals surface area contributed by atoms with Crippen molar-refractivity contribution in [1.29, 1.82) is 0 Å². The number of Topliss-reactive ketones (excluding diaryl/α,β-unsaturated/α-hetero) is 1. The monoisotopic (exact) mass is 215 g/mol. The molecule has 1 atom stereocenters. The van der Waals surface area contributed by atoms with Gasteiger partial charge in [-0.15, -0.1) is 0 Å². The van der Waals surface area contributed by atoms with Crippen molar-refractivity contribution in [1.82, 2.24) is 0 Å². The van der Waals surface area contributed by atoms with E-state index in [9.17, 15) is 4.79 Å². The summed E-state index contributed by atoms with van der Waals surface area (Å²) in [5, 5.41) is 0. The van der Waals surface area contributed by atoms with Gasteiger partial charge in [-0.3, -0.25) is 4.79 Å². The number of hydrogen-bond donors (Lipinski definition) is 0. The summed E-state index contributed by atoms with van der Waals surface area (Å²) in [6.45, 7) is 9.06. The standard InChI is InChI=1S/C10H17NO4/c1-10(11-2,7-15-8-14-4)5-9(12)6-13-3/h5-8H2,1,3-4H3. The number of ether oxygens (including phenoxy) is 3. The van der Waals surface area contributed by atoms with Crippen LogP contribution in [0, 0.1) is 6.57 Å². The summed E-state index contributed by atoms with van der Waals surface area (Å²) < 4.78 is 14.5. The minimum Gasteiger partial charge on any atom is -0.377 e. The molecule has 0 aromatic heterocycles. The Balaban J connectivity index is 4.07. The van der Waals surface area contributed by atoms with Crippen molar-refractivity contribution in [3.05, 3.63) is 11.4 Å². The minimum absolute atomic E-state index is 0.0371. The van der Waals surface area contributed by atoms with Gasteiger partial charge in [-0.05, 0) is 0 Å². The zero-order valence-electron chi connectivity index (χ0n) is 9.41. The van der Waals surface area contributed by atoms with Crippen LogP contribution in [0.4, 0.5) is 0 Å². The maximum atomic E-state index is 11.3. The molecular weight excluding hydrogens is 198 g/mol. The van der Waals surface area contributed by atoms with Crippen LogP contribution in [-0.4, -0.2) is 45.5 Å². The molecule has 5 nitrogen and oxygen atoms in total. The number of carbonyl (C=O) groups is 1. The molecule has 0 saturated heterocycles. The lowest BCUT2D eigenvalue weighted by Crippen LogP contribution is -2.31. The van der Waals surface area contributed by atoms with E-state index < -0.39 is 5.54 Å². The normalized spacial score (nSPS) is 14.3. The van der Waals surface area contributed by atoms with Gasteiger partial charge in [0.05, 0.1) is 6.42 Å². The number of rotatable bonds is 8. The highest BCUT2D eigenvalue weighted by atomic mass is 16.7. The SMILES string of the molecule is [C-]#[N+]C(C)(COCOC)CC(=O)COC.